The zero-order chi connectivity index (χ0) is 32.4. The molecule has 4 rings (SSSR count). The van der Waals surface area contributed by atoms with E-state index in [2.05, 4.69) is 10.6 Å². The highest BCUT2D eigenvalue weighted by atomic mass is 16.7. The Morgan fingerprint density at radius 2 is 1.53 bits per heavy atom. The van der Waals surface area contributed by atoms with E-state index in [9.17, 15) is 4.79 Å². The molecule has 0 spiro atoms. The summed E-state index contributed by atoms with van der Waals surface area (Å²) in [5, 5.41) is 23.6. The van der Waals surface area contributed by atoms with Crippen LogP contribution < -0.4 is 30.9 Å². The van der Waals surface area contributed by atoms with Crippen molar-refractivity contribution in [2.24, 2.45) is 0 Å². The summed E-state index contributed by atoms with van der Waals surface area (Å²) in [6, 6.07) is 22.4. The highest BCUT2D eigenvalue weighted by Crippen LogP contribution is 2.27. The van der Waals surface area contributed by atoms with Crippen molar-refractivity contribution in [1.29, 1.82) is 0 Å². The van der Waals surface area contributed by atoms with Crippen LogP contribution in [0.3, 0.4) is 0 Å². The minimum Gasteiger partial charge on any atom is -0.490 e. The van der Waals surface area contributed by atoms with E-state index in [1.807, 2.05) is 84.7 Å². The number of hydrogen-bond acceptors (Lipinski definition) is 9. The van der Waals surface area contributed by atoms with Gasteiger partial charge in [-0.1, -0.05) is 12.1 Å². The number of aliphatic hydroxyl groups is 2. The number of amides is 2. The molecule has 1 saturated carbocycles. The molecule has 1 aliphatic rings. The van der Waals surface area contributed by atoms with Gasteiger partial charge in [-0.2, -0.15) is 0 Å². The monoisotopic (exact) mass is 623 g/mol. The quantitative estimate of drug-likeness (QED) is 0.0944. The van der Waals surface area contributed by atoms with Crippen LogP contribution in [0.1, 0.15) is 31.2 Å². The molecule has 11 nitrogen and oxygen atoms in total. The third kappa shape index (κ3) is 12.2. The molecule has 0 saturated heterocycles. The number of anilines is 4. The van der Waals surface area contributed by atoms with Gasteiger partial charge in [-0.15, -0.1) is 0 Å². The molecule has 0 heterocycles. The third-order valence-corrected chi connectivity index (χ3v) is 7.45. The first-order valence-corrected chi connectivity index (χ1v) is 15.4. The topological polar surface area (TPSA) is 142 Å². The first-order valence-electron chi connectivity index (χ1n) is 15.4. The van der Waals surface area contributed by atoms with Gasteiger partial charge in [0.25, 0.3) is 0 Å². The minimum absolute atomic E-state index is 0.0780. The summed E-state index contributed by atoms with van der Waals surface area (Å²) in [5.41, 5.74) is 9.81. The lowest BCUT2D eigenvalue weighted by Gasteiger charge is -2.27. The largest absolute Gasteiger partial charge is 0.490 e. The number of nitrogen functional groups attached to an aromatic ring is 1. The highest BCUT2D eigenvalue weighted by molar-refractivity contribution is 6.01. The normalized spacial score (nSPS) is 12.8. The molecule has 6 N–H and O–H groups in total. The maximum Gasteiger partial charge on any atom is 0.326 e. The number of benzene rings is 3. The molecule has 2 amide bonds. The van der Waals surface area contributed by atoms with E-state index >= 15 is 0 Å². The molecule has 0 aliphatic heterocycles. The number of aliphatic hydroxyl groups excluding tert-OH is 2. The van der Waals surface area contributed by atoms with Crippen molar-refractivity contribution in [2.75, 3.05) is 75.0 Å². The fraction of sp³-hybridized carbons (Fsp3) is 0.441. The lowest BCUT2D eigenvalue weighted by atomic mass is 10.2. The second-order valence-corrected chi connectivity index (χ2v) is 10.8. The molecule has 3 aromatic rings. The predicted molar refractivity (Wildman–Crippen MR) is 180 cm³/mol. The second kappa shape index (κ2) is 19.5. The number of nitrogens with one attached hydrogen (secondary N) is 2. The number of hydrogen-bond donors (Lipinski definition) is 5. The van der Waals surface area contributed by atoms with Gasteiger partial charge >= 0.3 is 6.03 Å². The summed E-state index contributed by atoms with van der Waals surface area (Å²) in [7, 11) is 5.00. The highest BCUT2D eigenvalue weighted by Gasteiger charge is 2.22. The van der Waals surface area contributed by atoms with Gasteiger partial charge in [-0.05, 0) is 91.9 Å². The van der Waals surface area contributed by atoms with Crippen LogP contribution in [-0.2, 0) is 16.0 Å². The Bertz CT molecular complexity index is 1230. The maximum absolute atomic E-state index is 13.2. The molecule has 0 radical (unpaired) electrons. The number of methoxy groups -OCH3 is 2. The number of urea groups is 1. The van der Waals surface area contributed by atoms with Gasteiger partial charge in [0, 0.05) is 63.7 Å². The van der Waals surface area contributed by atoms with E-state index in [1.165, 1.54) is 18.4 Å². The van der Waals surface area contributed by atoms with Crippen molar-refractivity contribution in [2.45, 2.75) is 44.6 Å². The van der Waals surface area contributed by atoms with E-state index in [1.54, 1.807) is 19.1 Å². The summed E-state index contributed by atoms with van der Waals surface area (Å²) < 4.78 is 16.7. The molecule has 0 unspecified atom stereocenters. The Morgan fingerprint density at radius 3 is 2.11 bits per heavy atom. The van der Waals surface area contributed by atoms with Crippen LogP contribution in [-0.4, -0.2) is 82.8 Å². The number of likely N-dealkylation sites (N-methyl/N-ethyl adjacent to an activating group) is 1. The smallest absolute Gasteiger partial charge is 0.326 e. The number of rotatable bonds is 15. The van der Waals surface area contributed by atoms with E-state index in [0.29, 0.717) is 24.5 Å². The lowest BCUT2D eigenvalue weighted by molar-refractivity contribution is -0.0938. The van der Waals surface area contributed by atoms with E-state index in [0.717, 1.165) is 36.5 Å². The molecule has 1 fully saturated rings. The van der Waals surface area contributed by atoms with Gasteiger partial charge in [0.15, 0.2) is 6.29 Å². The van der Waals surface area contributed by atoms with Gasteiger partial charge in [-0.25, -0.2) is 4.79 Å². The van der Waals surface area contributed by atoms with Gasteiger partial charge in [0.05, 0.1) is 25.9 Å². The fourth-order valence-electron chi connectivity index (χ4n) is 4.82. The summed E-state index contributed by atoms with van der Waals surface area (Å²) >= 11 is 0. The SMILES string of the molecule is COC(CN(C(=O)Nc1ccc(N(C)CCO)cc1)c1ccc(OC2CCCC2)cc1)OC.Nc1ccc(CNCCO)cc1. The van der Waals surface area contributed by atoms with Crippen LogP contribution in [0.2, 0.25) is 0 Å². The van der Waals surface area contributed by atoms with Crippen LogP contribution in [0, 0.1) is 0 Å². The van der Waals surface area contributed by atoms with E-state index < -0.39 is 6.29 Å². The van der Waals surface area contributed by atoms with Gasteiger partial charge < -0.3 is 45.7 Å². The summed E-state index contributed by atoms with van der Waals surface area (Å²) in [5.74, 6) is 0.809. The van der Waals surface area contributed by atoms with Crippen molar-refractivity contribution < 1.29 is 29.2 Å². The van der Waals surface area contributed by atoms with Crippen molar-refractivity contribution in [1.82, 2.24) is 5.32 Å². The average molecular weight is 624 g/mol. The van der Waals surface area contributed by atoms with Crippen LogP contribution >= 0.6 is 0 Å². The van der Waals surface area contributed by atoms with Crippen molar-refractivity contribution in [3.05, 3.63) is 78.4 Å². The Kier molecular flexibility index (Phi) is 15.4. The van der Waals surface area contributed by atoms with Gasteiger partial charge in [0.2, 0.25) is 0 Å². The molecule has 0 aromatic heterocycles. The van der Waals surface area contributed by atoms with Crippen LogP contribution in [0.4, 0.5) is 27.5 Å². The zero-order valence-electron chi connectivity index (χ0n) is 26.7. The number of carbonyl (C=O) groups excluding carboxylic acids is 1. The van der Waals surface area contributed by atoms with Crippen molar-refractivity contribution in [3.63, 3.8) is 0 Å². The molecule has 11 heteroatoms. The Balaban J connectivity index is 0.000000385. The molecule has 246 valence electrons. The second-order valence-electron chi connectivity index (χ2n) is 10.8. The van der Waals surface area contributed by atoms with Crippen molar-refractivity contribution in [3.8, 4) is 5.75 Å². The van der Waals surface area contributed by atoms with Crippen LogP contribution in [0.25, 0.3) is 0 Å². The minimum atomic E-state index is -0.570. The lowest BCUT2D eigenvalue weighted by Crippen LogP contribution is -2.41. The number of ether oxygens (including phenoxy) is 3. The molecule has 0 atom stereocenters. The molecule has 0 bridgehead atoms. The molecule has 1 aliphatic carbocycles. The predicted octanol–water partition coefficient (Wildman–Crippen LogP) is 4.44. The molecule has 45 heavy (non-hydrogen) atoms. The maximum atomic E-state index is 13.2. The standard InChI is InChI=1S/C25H35N3O5.C9H14N2O/c1-27(16-17-29)20-10-8-19(9-11-20)26-25(30)28(18-24(31-2)32-3)21-12-14-23(15-13-21)33-22-6-4-5-7-22;10-9-3-1-8(2-4-9)7-11-5-6-12/h8-15,22,24,29H,4-7,16-18H2,1-3H3,(H,26,30);1-4,11-12H,5-7,10H2. The number of nitrogens with zero attached hydrogens (tertiary/aromatic N) is 2. The van der Waals surface area contributed by atoms with E-state index in [-0.39, 0.29) is 31.9 Å². The fourth-order valence-corrected chi connectivity index (χ4v) is 4.82. The third-order valence-electron chi connectivity index (χ3n) is 7.45. The summed E-state index contributed by atoms with van der Waals surface area (Å²) in [6.45, 7) is 2.42. The Labute approximate surface area is 266 Å². The van der Waals surface area contributed by atoms with Gasteiger partial charge in [-0.3, -0.25) is 4.90 Å². The average Bonchev–Trinajstić information content (AvgIpc) is 3.57. The Morgan fingerprint density at radius 1 is 0.911 bits per heavy atom. The van der Waals surface area contributed by atoms with Gasteiger partial charge in [0.1, 0.15) is 5.75 Å². The van der Waals surface area contributed by atoms with Crippen molar-refractivity contribution >= 4 is 28.8 Å². The number of carbonyl (C=O) groups is 1. The molecular formula is C34H49N5O6. The zero-order valence-corrected chi connectivity index (χ0v) is 26.7. The first kappa shape index (κ1) is 35.6. The Hall–Kier alpha value is -3.87. The molecular weight excluding hydrogens is 574 g/mol. The van der Waals surface area contributed by atoms with E-state index in [4.69, 9.17) is 30.2 Å². The number of nitrogens with two attached hydrogens (primary N) is 1. The van der Waals surface area contributed by atoms with Crippen LogP contribution in [0.5, 0.6) is 5.75 Å². The first-order chi connectivity index (χ1) is 21.9. The summed E-state index contributed by atoms with van der Waals surface area (Å²) in [4.78, 5) is 16.7. The molecule has 3 aromatic carbocycles. The summed E-state index contributed by atoms with van der Waals surface area (Å²) in [6.07, 6.45) is 4.32. The van der Waals surface area contributed by atoms with Crippen LogP contribution in [0.15, 0.2) is 72.8 Å².